The summed E-state index contributed by atoms with van der Waals surface area (Å²) in [4.78, 5) is -0.0763. The number of hydrogen-bond donors (Lipinski definition) is 1. The number of nitrogens with one attached hydrogen (secondary N) is 1. The second-order valence-electron chi connectivity index (χ2n) is 4.44. The zero-order valence-electron chi connectivity index (χ0n) is 11.6. The van der Waals surface area contributed by atoms with Crippen LogP contribution in [0.1, 0.15) is 18.2 Å². The van der Waals surface area contributed by atoms with Gasteiger partial charge in [0.1, 0.15) is 10.0 Å². The molecule has 0 aliphatic heterocycles. The number of alkyl halides is 1. The van der Waals surface area contributed by atoms with Gasteiger partial charge < -0.3 is 0 Å². The van der Waals surface area contributed by atoms with E-state index in [1.54, 1.807) is 19.2 Å². The number of aryl methyl sites for hydroxylation is 2. The summed E-state index contributed by atoms with van der Waals surface area (Å²) in [6.07, 6.45) is 0.710. The van der Waals surface area contributed by atoms with Gasteiger partial charge in [0.25, 0.3) is 10.0 Å². The Morgan fingerprint density at radius 2 is 2.00 bits per heavy atom. The Bertz CT molecular complexity index is 757. The molecular formula is C13H15Cl2N3O2S. The van der Waals surface area contributed by atoms with Crippen LogP contribution in [0.25, 0.3) is 0 Å². The third-order valence-corrected chi connectivity index (χ3v) is 5.30. The Labute approximate surface area is 133 Å². The van der Waals surface area contributed by atoms with Gasteiger partial charge in [0.15, 0.2) is 0 Å². The number of rotatable bonds is 5. The van der Waals surface area contributed by atoms with Gasteiger partial charge in [0, 0.05) is 7.05 Å². The fraction of sp³-hybridized carbons (Fsp3) is 0.308. The normalized spacial score (nSPS) is 11.6. The Morgan fingerprint density at radius 3 is 2.62 bits per heavy atom. The first-order valence-electron chi connectivity index (χ1n) is 6.28. The molecule has 2 aromatic rings. The van der Waals surface area contributed by atoms with Crippen molar-refractivity contribution in [1.29, 1.82) is 0 Å². The Morgan fingerprint density at radius 1 is 1.33 bits per heavy atom. The summed E-state index contributed by atoms with van der Waals surface area (Å²) in [5.41, 5.74) is 1.65. The van der Waals surface area contributed by atoms with Gasteiger partial charge >= 0.3 is 0 Å². The summed E-state index contributed by atoms with van der Waals surface area (Å²) < 4.78 is 29.0. The lowest BCUT2D eigenvalue weighted by Gasteiger charge is -2.11. The quantitative estimate of drug-likeness (QED) is 0.844. The third kappa shape index (κ3) is 3.17. The van der Waals surface area contributed by atoms with Crippen molar-refractivity contribution in [2.24, 2.45) is 7.05 Å². The van der Waals surface area contributed by atoms with E-state index in [-0.39, 0.29) is 21.6 Å². The molecule has 0 aliphatic rings. The molecular weight excluding hydrogens is 333 g/mol. The molecule has 1 aromatic heterocycles. The summed E-state index contributed by atoms with van der Waals surface area (Å²) in [5, 5.41) is 4.05. The fourth-order valence-electron chi connectivity index (χ4n) is 2.01. The smallest absolute Gasteiger partial charge is 0.266 e. The number of benzene rings is 1. The molecule has 114 valence electrons. The average Bonchev–Trinajstić information content (AvgIpc) is 2.75. The molecule has 0 saturated carbocycles. The number of nitrogens with zero attached hydrogens (tertiary/aromatic N) is 2. The van der Waals surface area contributed by atoms with E-state index in [1.807, 2.05) is 19.1 Å². The number of hydrogen-bond acceptors (Lipinski definition) is 3. The van der Waals surface area contributed by atoms with E-state index < -0.39 is 10.0 Å². The molecule has 0 saturated heterocycles. The highest BCUT2D eigenvalue weighted by molar-refractivity contribution is 7.92. The number of sulfonamides is 1. The van der Waals surface area contributed by atoms with Gasteiger partial charge in [-0.3, -0.25) is 9.40 Å². The molecule has 0 aliphatic carbocycles. The molecule has 0 atom stereocenters. The van der Waals surface area contributed by atoms with E-state index in [1.165, 1.54) is 4.68 Å². The number of anilines is 1. The van der Waals surface area contributed by atoms with Gasteiger partial charge in [0.05, 0.1) is 17.3 Å². The fourth-order valence-corrected chi connectivity index (χ4v) is 4.10. The molecule has 1 N–H and O–H groups in total. The van der Waals surface area contributed by atoms with E-state index >= 15 is 0 Å². The Balaban J connectivity index is 2.48. The molecule has 1 heterocycles. The molecule has 2 rings (SSSR count). The number of aromatic nitrogens is 2. The molecule has 8 heteroatoms. The molecule has 0 radical (unpaired) electrons. The predicted molar refractivity (Wildman–Crippen MR) is 84.4 cm³/mol. The molecule has 0 amide bonds. The maximum absolute atomic E-state index is 12.6. The van der Waals surface area contributed by atoms with Gasteiger partial charge in [-0.2, -0.15) is 5.10 Å². The van der Waals surface area contributed by atoms with Gasteiger partial charge in [-0.05, 0) is 18.1 Å². The molecule has 0 fully saturated rings. The lowest BCUT2D eigenvalue weighted by molar-refractivity contribution is 0.600. The minimum absolute atomic E-state index is 0.0344. The minimum Gasteiger partial charge on any atom is -0.279 e. The monoisotopic (exact) mass is 347 g/mol. The van der Waals surface area contributed by atoms with Gasteiger partial charge in [0.2, 0.25) is 0 Å². The topological polar surface area (TPSA) is 64.0 Å². The van der Waals surface area contributed by atoms with E-state index in [9.17, 15) is 8.42 Å². The predicted octanol–water partition coefficient (Wildman–Crippen LogP) is 3.18. The van der Waals surface area contributed by atoms with Crippen molar-refractivity contribution in [3.05, 3.63) is 40.7 Å². The highest BCUT2D eigenvalue weighted by Crippen LogP contribution is 2.28. The zero-order chi connectivity index (χ0) is 15.6. The van der Waals surface area contributed by atoms with Crippen molar-refractivity contribution in [2.75, 3.05) is 4.72 Å². The van der Waals surface area contributed by atoms with Gasteiger partial charge in [-0.15, -0.1) is 11.6 Å². The average molecular weight is 348 g/mol. The van der Waals surface area contributed by atoms with Crippen LogP contribution in [0, 0.1) is 0 Å². The zero-order valence-corrected chi connectivity index (χ0v) is 13.9. The minimum atomic E-state index is -3.85. The van der Waals surface area contributed by atoms with Crippen molar-refractivity contribution in [3.8, 4) is 0 Å². The van der Waals surface area contributed by atoms with E-state index in [2.05, 4.69) is 9.82 Å². The Kier molecular flexibility index (Phi) is 4.81. The van der Waals surface area contributed by atoms with Crippen LogP contribution >= 0.6 is 23.2 Å². The van der Waals surface area contributed by atoms with Crippen molar-refractivity contribution < 1.29 is 8.42 Å². The van der Waals surface area contributed by atoms with Crippen LogP contribution in [-0.2, 0) is 29.4 Å². The van der Waals surface area contributed by atoms with Gasteiger partial charge in [-0.1, -0.05) is 36.7 Å². The molecule has 0 unspecified atom stereocenters. The van der Waals surface area contributed by atoms with Crippen LogP contribution in [0.3, 0.4) is 0 Å². The maximum Gasteiger partial charge on any atom is 0.266 e. The highest BCUT2D eigenvalue weighted by atomic mass is 35.5. The lowest BCUT2D eigenvalue weighted by Crippen LogP contribution is -2.15. The van der Waals surface area contributed by atoms with Crippen LogP contribution in [0.5, 0.6) is 0 Å². The summed E-state index contributed by atoms with van der Waals surface area (Å²) in [5.74, 6) is -0.0355. The molecule has 5 nitrogen and oxygen atoms in total. The van der Waals surface area contributed by atoms with Crippen molar-refractivity contribution in [3.63, 3.8) is 0 Å². The van der Waals surface area contributed by atoms with Crippen LogP contribution < -0.4 is 4.72 Å². The number of para-hydroxylation sites is 1. The second-order valence-corrected chi connectivity index (χ2v) is 6.68. The Hall–Kier alpha value is -1.24. The second kappa shape index (κ2) is 6.25. The van der Waals surface area contributed by atoms with E-state index in [4.69, 9.17) is 23.2 Å². The maximum atomic E-state index is 12.6. The SMILES string of the molecule is CCc1ccccc1NS(=O)(=O)c1c(CCl)nn(C)c1Cl. The molecule has 21 heavy (non-hydrogen) atoms. The molecule has 0 bridgehead atoms. The first kappa shape index (κ1) is 16.1. The van der Waals surface area contributed by atoms with Crippen LogP contribution in [0.15, 0.2) is 29.2 Å². The van der Waals surface area contributed by atoms with Crippen molar-refractivity contribution >= 4 is 38.9 Å². The van der Waals surface area contributed by atoms with E-state index in [0.717, 1.165) is 5.56 Å². The van der Waals surface area contributed by atoms with Crippen molar-refractivity contribution in [1.82, 2.24) is 9.78 Å². The van der Waals surface area contributed by atoms with Crippen LogP contribution in [0.2, 0.25) is 5.15 Å². The summed E-state index contributed by atoms with van der Waals surface area (Å²) in [7, 11) is -2.28. The highest BCUT2D eigenvalue weighted by Gasteiger charge is 2.27. The summed E-state index contributed by atoms with van der Waals surface area (Å²) in [6, 6.07) is 7.20. The van der Waals surface area contributed by atoms with Gasteiger partial charge in [-0.25, -0.2) is 8.42 Å². The standard InChI is InChI=1S/C13H15Cl2N3O2S/c1-3-9-6-4-5-7-10(9)17-21(19,20)12-11(8-14)16-18(2)13(12)15/h4-7,17H,3,8H2,1-2H3. The van der Waals surface area contributed by atoms with E-state index in [0.29, 0.717) is 12.1 Å². The summed E-state index contributed by atoms with van der Waals surface area (Å²) in [6.45, 7) is 1.95. The van der Waals surface area contributed by atoms with Crippen molar-refractivity contribution in [2.45, 2.75) is 24.1 Å². The third-order valence-electron chi connectivity index (χ3n) is 3.04. The first-order chi connectivity index (χ1) is 9.90. The van der Waals surface area contributed by atoms with Crippen LogP contribution in [-0.4, -0.2) is 18.2 Å². The largest absolute Gasteiger partial charge is 0.279 e. The molecule has 0 spiro atoms. The summed E-state index contributed by atoms with van der Waals surface area (Å²) >= 11 is 11.8. The first-order valence-corrected chi connectivity index (χ1v) is 8.68. The van der Waals surface area contributed by atoms with Crippen LogP contribution in [0.4, 0.5) is 5.69 Å². The molecule has 1 aromatic carbocycles. The number of halogens is 2. The lowest BCUT2D eigenvalue weighted by atomic mass is 10.1.